The number of nitrogens with zero attached hydrogens (tertiary/aromatic N) is 1. The maximum absolute atomic E-state index is 10.6. The lowest BCUT2D eigenvalue weighted by Crippen LogP contribution is -2.08. The van der Waals surface area contributed by atoms with Gasteiger partial charge in [0, 0.05) is 40.7 Å². The SMILES string of the molecule is O=[N+]([O-])c1ccc(SNCCc2c[nH]c3ccc(O)cc23)cc1. The minimum absolute atomic E-state index is 0.0907. The number of H-pyrrole nitrogens is 1. The Labute approximate surface area is 136 Å². The Morgan fingerprint density at radius 3 is 2.74 bits per heavy atom. The van der Waals surface area contributed by atoms with Crippen molar-refractivity contribution >= 4 is 28.5 Å². The molecule has 0 amide bonds. The van der Waals surface area contributed by atoms with Gasteiger partial charge < -0.3 is 10.1 Å². The van der Waals surface area contributed by atoms with Gasteiger partial charge in [-0.3, -0.25) is 14.8 Å². The predicted octanol–water partition coefficient (Wildman–Crippen LogP) is 3.62. The highest BCUT2D eigenvalue weighted by molar-refractivity contribution is 7.97. The lowest BCUT2D eigenvalue weighted by molar-refractivity contribution is -0.384. The average Bonchev–Trinajstić information content (AvgIpc) is 2.94. The zero-order valence-corrected chi connectivity index (χ0v) is 13.0. The van der Waals surface area contributed by atoms with Gasteiger partial charge in [0.15, 0.2) is 0 Å². The van der Waals surface area contributed by atoms with Crippen LogP contribution < -0.4 is 4.72 Å². The monoisotopic (exact) mass is 329 g/mol. The second-order valence-corrected chi connectivity index (χ2v) is 6.01. The van der Waals surface area contributed by atoms with Crippen molar-refractivity contribution in [2.75, 3.05) is 6.54 Å². The van der Waals surface area contributed by atoms with Crippen LogP contribution in [-0.2, 0) is 6.42 Å². The lowest BCUT2D eigenvalue weighted by Gasteiger charge is -2.04. The summed E-state index contributed by atoms with van der Waals surface area (Å²) in [7, 11) is 0. The van der Waals surface area contributed by atoms with Crippen molar-refractivity contribution in [2.24, 2.45) is 0 Å². The highest BCUT2D eigenvalue weighted by atomic mass is 32.2. The topological polar surface area (TPSA) is 91.2 Å². The van der Waals surface area contributed by atoms with Crippen LogP contribution in [0, 0.1) is 10.1 Å². The van der Waals surface area contributed by atoms with Gasteiger partial charge in [0.05, 0.1) is 4.92 Å². The Balaban J connectivity index is 1.54. The van der Waals surface area contributed by atoms with E-state index < -0.39 is 4.92 Å². The van der Waals surface area contributed by atoms with E-state index in [1.807, 2.05) is 12.3 Å². The molecule has 0 saturated carbocycles. The molecule has 3 rings (SSSR count). The number of benzene rings is 2. The summed E-state index contributed by atoms with van der Waals surface area (Å²) in [5, 5.41) is 21.2. The summed E-state index contributed by atoms with van der Waals surface area (Å²) in [5.74, 6) is 0.256. The number of rotatable bonds is 6. The second-order valence-electron chi connectivity index (χ2n) is 5.04. The van der Waals surface area contributed by atoms with Crippen molar-refractivity contribution in [1.29, 1.82) is 0 Å². The molecule has 0 radical (unpaired) electrons. The van der Waals surface area contributed by atoms with Gasteiger partial charge in [-0.1, -0.05) is 0 Å². The first-order valence-electron chi connectivity index (χ1n) is 7.06. The molecule has 3 N–H and O–H groups in total. The first-order valence-corrected chi connectivity index (χ1v) is 7.88. The van der Waals surface area contributed by atoms with Gasteiger partial charge in [0.25, 0.3) is 5.69 Å². The number of aromatic hydroxyl groups is 1. The third-order valence-corrected chi connectivity index (χ3v) is 4.34. The molecule has 6 nitrogen and oxygen atoms in total. The van der Waals surface area contributed by atoms with Crippen molar-refractivity contribution in [1.82, 2.24) is 9.71 Å². The van der Waals surface area contributed by atoms with Crippen molar-refractivity contribution in [3.05, 3.63) is 64.3 Å². The average molecular weight is 329 g/mol. The largest absolute Gasteiger partial charge is 0.508 e. The van der Waals surface area contributed by atoms with Crippen LogP contribution in [-0.4, -0.2) is 21.6 Å². The van der Waals surface area contributed by atoms with E-state index in [2.05, 4.69) is 9.71 Å². The molecule has 0 aliphatic rings. The van der Waals surface area contributed by atoms with Crippen molar-refractivity contribution in [3.63, 3.8) is 0 Å². The fourth-order valence-corrected chi connectivity index (χ4v) is 2.97. The predicted molar refractivity (Wildman–Crippen MR) is 90.6 cm³/mol. The molecule has 0 aliphatic heterocycles. The normalized spacial score (nSPS) is 11.0. The zero-order chi connectivity index (χ0) is 16.2. The molecule has 0 atom stereocenters. The summed E-state index contributed by atoms with van der Waals surface area (Å²) in [6.45, 7) is 0.740. The number of hydrogen-bond acceptors (Lipinski definition) is 5. The van der Waals surface area contributed by atoms with Crippen LogP contribution in [0.2, 0.25) is 0 Å². The summed E-state index contributed by atoms with van der Waals surface area (Å²) < 4.78 is 3.24. The van der Waals surface area contributed by atoms with E-state index in [4.69, 9.17) is 0 Å². The van der Waals surface area contributed by atoms with Gasteiger partial charge in [-0.2, -0.15) is 0 Å². The van der Waals surface area contributed by atoms with E-state index in [1.54, 1.807) is 24.3 Å². The molecule has 0 aliphatic carbocycles. The molecule has 118 valence electrons. The van der Waals surface area contributed by atoms with Gasteiger partial charge in [-0.15, -0.1) is 0 Å². The number of aromatic nitrogens is 1. The van der Waals surface area contributed by atoms with Crippen LogP contribution in [0.1, 0.15) is 5.56 Å². The summed E-state index contributed by atoms with van der Waals surface area (Å²) >= 11 is 1.44. The summed E-state index contributed by atoms with van der Waals surface area (Å²) in [5.41, 5.74) is 2.22. The number of hydrogen-bond donors (Lipinski definition) is 3. The van der Waals surface area contributed by atoms with Crippen LogP contribution in [0.4, 0.5) is 5.69 Å². The molecule has 1 heterocycles. The third-order valence-electron chi connectivity index (χ3n) is 3.48. The molecule has 23 heavy (non-hydrogen) atoms. The van der Waals surface area contributed by atoms with E-state index >= 15 is 0 Å². The summed E-state index contributed by atoms with van der Waals surface area (Å²) in [6.07, 6.45) is 2.76. The van der Waals surface area contributed by atoms with Crippen molar-refractivity contribution in [2.45, 2.75) is 11.3 Å². The highest BCUT2D eigenvalue weighted by Crippen LogP contribution is 2.23. The fraction of sp³-hybridized carbons (Fsp3) is 0.125. The third kappa shape index (κ3) is 3.64. The molecule has 0 saturated heterocycles. The Morgan fingerprint density at radius 2 is 2.00 bits per heavy atom. The van der Waals surface area contributed by atoms with Gasteiger partial charge in [0.1, 0.15) is 5.75 Å². The smallest absolute Gasteiger partial charge is 0.269 e. The van der Waals surface area contributed by atoms with Crippen LogP contribution in [0.5, 0.6) is 5.75 Å². The highest BCUT2D eigenvalue weighted by Gasteiger charge is 2.06. The molecule has 7 heteroatoms. The second kappa shape index (κ2) is 6.72. The van der Waals surface area contributed by atoms with Gasteiger partial charge in [-0.05, 0) is 54.3 Å². The number of non-ortho nitro benzene ring substituents is 1. The molecule has 0 bridgehead atoms. The quantitative estimate of drug-likeness (QED) is 0.278. The molecule has 0 fully saturated rings. The van der Waals surface area contributed by atoms with Gasteiger partial charge in [-0.25, -0.2) is 0 Å². The summed E-state index contributed by atoms with van der Waals surface area (Å²) in [4.78, 5) is 14.3. The molecular formula is C16H15N3O3S. The maximum atomic E-state index is 10.6. The first kappa shape index (κ1) is 15.4. The summed E-state index contributed by atoms with van der Waals surface area (Å²) in [6, 6.07) is 11.7. The van der Waals surface area contributed by atoms with Crippen LogP contribution >= 0.6 is 11.9 Å². The molecule has 0 spiro atoms. The standard InChI is InChI=1S/C16H15N3O3S/c20-13-3-6-16-15(9-13)11(10-17-16)7-8-18-23-14-4-1-12(2-5-14)19(21)22/h1-6,9-10,17-18,20H,7-8H2. The van der Waals surface area contributed by atoms with E-state index in [1.165, 1.54) is 24.1 Å². The van der Waals surface area contributed by atoms with E-state index in [0.717, 1.165) is 34.3 Å². The van der Waals surface area contributed by atoms with E-state index in [0.29, 0.717) is 0 Å². The number of nitrogens with one attached hydrogen (secondary N) is 2. The first-order chi connectivity index (χ1) is 11.1. The Bertz CT molecular complexity index is 830. The number of aromatic amines is 1. The molecule has 1 aromatic heterocycles. The minimum atomic E-state index is -0.408. The van der Waals surface area contributed by atoms with Gasteiger partial charge in [0.2, 0.25) is 0 Å². The lowest BCUT2D eigenvalue weighted by atomic mass is 10.1. The fourth-order valence-electron chi connectivity index (χ4n) is 2.33. The number of nitro groups is 1. The van der Waals surface area contributed by atoms with Gasteiger partial charge >= 0.3 is 0 Å². The molecular weight excluding hydrogens is 314 g/mol. The van der Waals surface area contributed by atoms with Crippen LogP contribution in [0.15, 0.2) is 53.6 Å². The van der Waals surface area contributed by atoms with E-state index in [-0.39, 0.29) is 11.4 Å². The molecule has 0 unspecified atom stereocenters. The Hall–Kier alpha value is -2.51. The zero-order valence-electron chi connectivity index (χ0n) is 12.2. The van der Waals surface area contributed by atoms with Crippen molar-refractivity contribution < 1.29 is 10.0 Å². The maximum Gasteiger partial charge on any atom is 0.269 e. The molecule has 2 aromatic carbocycles. The minimum Gasteiger partial charge on any atom is -0.508 e. The van der Waals surface area contributed by atoms with Crippen LogP contribution in [0.25, 0.3) is 10.9 Å². The number of phenols is 1. The Kier molecular flexibility index (Phi) is 4.50. The number of fused-ring (bicyclic) bond motifs is 1. The van der Waals surface area contributed by atoms with E-state index in [9.17, 15) is 15.2 Å². The Morgan fingerprint density at radius 1 is 1.22 bits per heavy atom. The van der Waals surface area contributed by atoms with Crippen LogP contribution in [0.3, 0.4) is 0 Å². The number of nitro benzene ring substituents is 1. The molecule has 3 aromatic rings. The van der Waals surface area contributed by atoms with Crippen molar-refractivity contribution in [3.8, 4) is 5.75 Å². The number of phenolic OH excluding ortho intramolecular Hbond substituents is 1.